The van der Waals surface area contributed by atoms with E-state index in [0.29, 0.717) is 24.2 Å². The smallest absolute Gasteiger partial charge is 0.307 e. The zero-order valence-corrected chi connectivity index (χ0v) is 14.1. The van der Waals surface area contributed by atoms with Crippen LogP contribution >= 0.6 is 0 Å². The molecular formula is C13H18N6O4S. The van der Waals surface area contributed by atoms with Gasteiger partial charge in [-0.2, -0.15) is 5.21 Å². The summed E-state index contributed by atoms with van der Waals surface area (Å²) in [4.78, 5) is 19.3. The molecule has 0 aromatic carbocycles. The molecule has 0 amide bonds. The van der Waals surface area contributed by atoms with Gasteiger partial charge in [0.25, 0.3) is 0 Å². The fourth-order valence-electron chi connectivity index (χ4n) is 2.44. The fraction of sp³-hybridized carbons (Fsp3) is 0.538. The molecule has 0 aliphatic heterocycles. The second-order valence-corrected chi connectivity index (χ2v) is 7.37. The van der Waals surface area contributed by atoms with Crippen LogP contribution in [-0.2, 0) is 21.1 Å². The first-order valence-corrected chi connectivity index (χ1v) is 9.19. The number of carboxylic acid groups (broad SMARTS) is 1. The van der Waals surface area contributed by atoms with E-state index >= 15 is 0 Å². The molecule has 0 unspecified atom stereocenters. The van der Waals surface area contributed by atoms with Gasteiger partial charge in [0.2, 0.25) is 15.0 Å². The van der Waals surface area contributed by atoms with Crippen molar-refractivity contribution in [1.82, 2.24) is 30.6 Å². The van der Waals surface area contributed by atoms with E-state index in [-0.39, 0.29) is 11.6 Å². The standard InChI is InChI=1S/C13H18N6O4S/c1-3-4-9(12(20)21)10(11-16-18-19-17-11)5-8-6-14-13(15-7-8)24(2,22)23/h6-7,9-10H,3-5H2,1-2H3,(H,20,21)(H,16,17,18,19)/t9-,10-/m0/s1. The summed E-state index contributed by atoms with van der Waals surface area (Å²) in [6, 6.07) is 0. The second-order valence-electron chi connectivity index (χ2n) is 5.46. The molecule has 2 heterocycles. The van der Waals surface area contributed by atoms with Crippen LogP contribution in [-0.4, -0.2) is 56.3 Å². The number of carbonyl (C=O) groups is 1. The van der Waals surface area contributed by atoms with Crippen LogP contribution < -0.4 is 0 Å². The number of sulfone groups is 1. The third kappa shape index (κ3) is 4.31. The first-order valence-electron chi connectivity index (χ1n) is 7.30. The Kier molecular flexibility index (Phi) is 5.54. The monoisotopic (exact) mass is 354 g/mol. The molecule has 10 nitrogen and oxygen atoms in total. The Morgan fingerprint density at radius 1 is 1.33 bits per heavy atom. The Morgan fingerprint density at radius 3 is 2.46 bits per heavy atom. The third-order valence-corrected chi connectivity index (χ3v) is 4.44. The van der Waals surface area contributed by atoms with Gasteiger partial charge in [0, 0.05) is 24.6 Å². The van der Waals surface area contributed by atoms with Gasteiger partial charge in [0.15, 0.2) is 5.82 Å². The zero-order valence-electron chi connectivity index (χ0n) is 13.2. The molecule has 0 radical (unpaired) electrons. The number of hydrogen-bond donors (Lipinski definition) is 2. The Morgan fingerprint density at radius 2 is 2.00 bits per heavy atom. The molecule has 24 heavy (non-hydrogen) atoms. The molecule has 0 fully saturated rings. The lowest BCUT2D eigenvalue weighted by molar-refractivity contribution is -0.143. The van der Waals surface area contributed by atoms with Crippen molar-refractivity contribution in [1.29, 1.82) is 0 Å². The summed E-state index contributed by atoms with van der Waals surface area (Å²) in [5, 5.41) is 22.9. The number of aromatic nitrogens is 6. The fourth-order valence-corrected chi connectivity index (χ4v) is 2.93. The molecule has 0 aliphatic rings. The van der Waals surface area contributed by atoms with Crippen LogP contribution in [0.4, 0.5) is 0 Å². The molecule has 2 N–H and O–H groups in total. The Labute approximate surface area is 138 Å². The van der Waals surface area contributed by atoms with Crippen LogP contribution in [0.2, 0.25) is 0 Å². The van der Waals surface area contributed by atoms with E-state index in [1.807, 2.05) is 6.92 Å². The average molecular weight is 354 g/mol. The number of hydrogen-bond acceptors (Lipinski definition) is 8. The van der Waals surface area contributed by atoms with Gasteiger partial charge < -0.3 is 5.11 Å². The number of H-pyrrole nitrogens is 1. The van der Waals surface area contributed by atoms with Gasteiger partial charge in [0.05, 0.1) is 5.92 Å². The first-order chi connectivity index (χ1) is 11.3. The van der Waals surface area contributed by atoms with Gasteiger partial charge in [-0.05, 0) is 18.4 Å². The SMILES string of the molecule is CCC[C@H](C(=O)O)[C@H](Cc1cnc(S(C)(=O)=O)nc1)c1nn[nH]n1. The first kappa shape index (κ1) is 17.9. The highest BCUT2D eigenvalue weighted by atomic mass is 32.2. The number of aliphatic carboxylic acids is 1. The van der Waals surface area contributed by atoms with E-state index in [9.17, 15) is 18.3 Å². The van der Waals surface area contributed by atoms with Crippen LogP contribution in [0.15, 0.2) is 17.6 Å². The van der Waals surface area contributed by atoms with Crippen molar-refractivity contribution in [3.05, 3.63) is 23.8 Å². The summed E-state index contributed by atoms with van der Waals surface area (Å²) in [6.07, 6.45) is 5.18. The molecule has 2 atom stereocenters. The lowest BCUT2D eigenvalue weighted by Crippen LogP contribution is -2.25. The highest BCUT2D eigenvalue weighted by Crippen LogP contribution is 2.29. The molecule has 2 rings (SSSR count). The van der Waals surface area contributed by atoms with E-state index in [4.69, 9.17) is 0 Å². The van der Waals surface area contributed by atoms with Gasteiger partial charge in [-0.15, -0.1) is 10.2 Å². The molecule has 130 valence electrons. The van der Waals surface area contributed by atoms with Crippen molar-refractivity contribution in [2.75, 3.05) is 6.26 Å². The summed E-state index contributed by atoms with van der Waals surface area (Å²) in [5.74, 6) is -1.86. The lowest BCUT2D eigenvalue weighted by Gasteiger charge is -2.20. The largest absolute Gasteiger partial charge is 0.481 e. The Bertz CT molecular complexity index is 775. The summed E-state index contributed by atoms with van der Waals surface area (Å²) < 4.78 is 22.8. The number of tetrazole rings is 1. The Hall–Kier alpha value is -2.43. The average Bonchev–Trinajstić information content (AvgIpc) is 3.04. The minimum absolute atomic E-state index is 0.264. The molecule has 0 saturated carbocycles. The topological polar surface area (TPSA) is 152 Å². The predicted molar refractivity (Wildman–Crippen MR) is 81.8 cm³/mol. The van der Waals surface area contributed by atoms with Crippen LogP contribution in [0.1, 0.15) is 37.1 Å². The van der Waals surface area contributed by atoms with Crippen molar-refractivity contribution < 1.29 is 18.3 Å². The van der Waals surface area contributed by atoms with Gasteiger partial charge in [-0.3, -0.25) is 4.79 Å². The number of carboxylic acids is 1. The summed E-state index contributed by atoms with van der Waals surface area (Å²) in [7, 11) is -3.49. The molecule has 2 aromatic rings. The summed E-state index contributed by atoms with van der Waals surface area (Å²) in [5.41, 5.74) is 0.597. The molecule has 0 aliphatic carbocycles. The minimum atomic E-state index is -3.49. The van der Waals surface area contributed by atoms with E-state index in [1.54, 1.807) is 0 Å². The number of nitrogens with one attached hydrogen (secondary N) is 1. The molecule has 0 saturated heterocycles. The van der Waals surface area contributed by atoms with Gasteiger partial charge in [-0.1, -0.05) is 18.6 Å². The lowest BCUT2D eigenvalue weighted by atomic mass is 9.84. The van der Waals surface area contributed by atoms with E-state index in [2.05, 4.69) is 30.6 Å². The minimum Gasteiger partial charge on any atom is -0.481 e. The normalized spacial score (nSPS) is 14.2. The van der Waals surface area contributed by atoms with Crippen molar-refractivity contribution in [3.8, 4) is 0 Å². The van der Waals surface area contributed by atoms with Gasteiger partial charge in [-0.25, -0.2) is 18.4 Å². The van der Waals surface area contributed by atoms with Crippen LogP contribution in [0.25, 0.3) is 0 Å². The quantitative estimate of drug-likeness (QED) is 0.634. The maximum atomic E-state index is 11.6. The van der Waals surface area contributed by atoms with Crippen LogP contribution in [0, 0.1) is 5.92 Å². The van der Waals surface area contributed by atoms with Crippen molar-refractivity contribution in [2.45, 2.75) is 37.3 Å². The molecule has 2 aromatic heterocycles. The third-order valence-electron chi connectivity index (χ3n) is 3.56. The maximum absolute atomic E-state index is 11.6. The molecule has 0 spiro atoms. The zero-order chi connectivity index (χ0) is 17.7. The van der Waals surface area contributed by atoms with Crippen molar-refractivity contribution >= 4 is 15.8 Å². The van der Waals surface area contributed by atoms with Gasteiger partial charge in [0.1, 0.15) is 0 Å². The van der Waals surface area contributed by atoms with Crippen LogP contribution in [0.3, 0.4) is 0 Å². The maximum Gasteiger partial charge on any atom is 0.307 e. The second kappa shape index (κ2) is 7.43. The van der Waals surface area contributed by atoms with Crippen molar-refractivity contribution in [3.63, 3.8) is 0 Å². The van der Waals surface area contributed by atoms with Gasteiger partial charge >= 0.3 is 5.97 Å². The highest BCUT2D eigenvalue weighted by Gasteiger charge is 2.32. The molecular weight excluding hydrogens is 336 g/mol. The van der Waals surface area contributed by atoms with Crippen LogP contribution in [0.5, 0.6) is 0 Å². The van der Waals surface area contributed by atoms with E-state index in [1.165, 1.54) is 12.4 Å². The summed E-state index contributed by atoms with van der Waals surface area (Å²) >= 11 is 0. The molecule has 11 heteroatoms. The summed E-state index contributed by atoms with van der Waals surface area (Å²) in [6.45, 7) is 1.90. The number of aromatic amines is 1. The van der Waals surface area contributed by atoms with E-state index in [0.717, 1.165) is 6.26 Å². The number of nitrogens with zero attached hydrogens (tertiary/aromatic N) is 5. The number of rotatable bonds is 8. The predicted octanol–water partition coefficient (Wildman–Crippen LogP) is 0.220. The van der Waals surface area contributed by atoms with E-state index < -0.39 is 27.6 Å². The van der Waals surface area contributed by atoms with Crippen molar-refractivity contribution in [2.24, 2.45) is 5.92 Å². The molecule has 0 bridgehead atoms. The highest BCUT2D eigenvalue weighted by molar-refractivity contribution is 7.90. The Balaban J connectivity index is 2.30.